The first-order valence-corrected chi connectivity index (χ1v) is 7.90. The van der Waals surface area contributed by atoms with E-state index >= 15 is 0 Å². The van der Waals surface area contributed by atoms with Crippen molar-refractivity contribution in [3.05, 3.63) is 6.33 Å². The van der Waals surface area contributed by atoms with E-state index in [1.165, 1.54) is 23.7 Å². The van der Waals surface area contributed by atoms with Crippen LogP contribution in [-0.4, -0.2) is 48.5 Å². The van der Waals surface area contributed by atoms with Crippen LogP contribution in [0.25, 0.3) is 0 Å². The molecule has 0 bridgehead atoms. The molecule has 0 aliphatic carbocycles. The van der Waals surface area contributed by atoms with E-state index in [0.717, 1.165) is 13.1 Å². The van der Waals surface area contributed by atoms with E-state index in [2.05, 4.69) is 14.6 Å². The molecule has 1 aliphatic rings. The van der Waals surface area contributed by atoms with Gasteiger partial charge in [0.2, 0.25) is 0 Å². The van der Waals surface area contributed by atoms with Crippen molar-refractivity contribution in [2.24, 2.45) is 7.05 Å². The Hall–Kier alpha value is -1.12. The van der Waals surface area contributed by atoms with E-state index < -0.39 is 10.0 Å². The first-order chi connectivity index (χ1) is 8.92. The summed E-state index contributed by atoms with van der Waals surface area (Å²) in [6.07, 6.45) is 3.77. The number of hydrogen-bond acceptors (Lipinski definition) is 5. The van der Waals surface area contributed by atoms with Gasteiger partial charge in [-0.3, -0.25) is 4.90 Å². The fraction of sp³-hybridized carbons (Fsp3) is 0.727. The minimum absolute atomic E-state index is 0.0288. The van der Waals surface area contributed by atoms with Crippen LogP contribution in [0.5, 0.6) is 0 Å². The molecular formula is C11H21N5O2S. The highest BCUT2D eigenvalue weighted by Gasteiger charge is 2.24. The quantitative estimate of drug-likeness (QED) is 0.780. The molecule has 8 heteroatoms. The Labute approximate surface area is 113 Å². The monoisotopic (exact) mass is 287 g/mol. The van der Waals surface area contributed by atoms with Crippen molar-refractivity contribution in [1.29, 1.82) is 0 Å². The number of nitrogens with zero attached hydrogens (tertiary/aromatic N) is 3. The van der Waals surface area contributed by atoms with Gasteiger partial charge in [0.25, 0.3) is 10.0 Å². The lowest BCUT2D eigenvalue weighted by Gasteiger charge is -2.23. The predicted octanol–water partition coefficient (Wildman–Crippen LogP) is -0.235. The molecule has 2 heterocycles. The standard InChI is InChI=1S/C11H21N5O2S/c1-9(16-5-3-4-6-16)7-14-19(17,18)11-10(12)13-8-15(11)2/h8-9,14H,3-7,12H2,1-2H3. The van der Waals surface area contributed by atoms with Gasteiger partial charge in [-0.15, -0.1) is 0 Å². The van der Waals surface area contributed by atoms with Crippen molar-refractivity contribution in [3.63, 3.8) is 0 Å². The van der Waals surface area contributed by atoms with Crippen LogP contribution in [0.4, 0.5) is 5.82 Å². The Kier molecular flexibility index (Phi) is 4.12. The molecule has 1 aromatic rings. The number of aromatic nitrogens is 2. The van der Waals surface area contributed by atoms with E-state index in [9.17, 15) is 8.42 Å². The van der Waals surface area contributed by atoms with Gasteiger partial charge >= 0.3 is 0 Å². The fourth-order valence-corrected chi connectivity index (χ4v) is 3.73. The van der Waals surface area contributed by atoms with Crippen molar-refractivity contribution in [2.75, 3.05) is 25.4 Å². The van der Waals surface area contributed by atoms with Crippen molar-refractivity contribution in [3.8, 4) is 0 Å². The number of imidazole rings is 1. The first-order valence-electron chi connectivity index (χ1n) is 6.42. The van der Waals surface area contributed by atoms with Crippen LogP contribution < -0.4 is 10.5 Å². The van der Waals surface area contributed by atoms with Gasteiger partial charge in [-0.05, 0) is 32.9 Å². The van der Waals surface area contributed by atoms with Crippen LogP contribution in [0.2, 0.25) is 0 Å². The molecule has 1 saturated heterocycles. The number of hydrogen-bond donors (Lipinski definition) is 2. The maximum absolute atomic E-state index is 12.2. The third kappa shape index (κ3) is 3.07. The lowest BCUT2D eigenvalue weighted by atomic mass is 10.3. The van der Waals surface area contributed by atoms with Crippen molar-refractivity contribution >= 4 is 15.8 Å². The van der Waals surface area contributed by atoms with Gasteiger partial charge in [-0.2, -0.15) is 0 Å². The average Bonchev–Trinajstić information content (AvgIpc) is 2.96. The highest BCUT2D eigenvalue weighted by atomic mass is 32.2. The number of nitrogens with one attached hydrogen (secondary N) is 1. The first kappa shape index (κ1) is 14.3. The summed E-state index contributed by atoms with van der Waals surface area (Å²) in [5.41, 5.74) is 5.59. The van der Waals surface area contributed by atoms with Crippen molar-refractivity contribution < 1.29 is 8.42 Å². The molecule has 0 radical (unpaired) electrons. The SMILES string of the molecule is CC(CNS(=O)(=O)c1c(N)ncn1C)N1CCCC1. The zero-order chi connectivity index (χ0) is 14.0. The number of nitrogen functional groups attached to an aromatic ring is 1. The highest BCUT2D eigenvalue weighted by molar-refractivity contribution is 7.89. The summed E-state index contributed by atoms with van der Waals surface area (Å²) in [5.74, 6) is 0.0313. The minimum Gasteiger partial charge on any atom is -0.381 e. The van der Waals surface area contributed by atoms with Gasteiger partial charge < -0.3 is 10.3 Å². The van der Waals surface area contributed by atoms with Gasteiger partial charge in [0.05, 0.1) is 6.33 Å². The molecule has 1 fully saturated rings. The summed E-state index contributed by atoms with van der Waals surface area (Å²) in [4.78, 5) is 6.08. The summed E-state index contributed by atoms with van der Waals surface area (Å²) in [6, 6.07) is 0.187. The highest BCUT2D eigenvalue weighted by Crippen LogP contribution is 2.16. The number of likely N-dealkylation sites (tertiary alicyclic amines) is 1. The van der Waals surface area contributed by atoms with Gasteiger partial charge in [0.1, 0.15) is 0 Å². The Morgan fingerprint density at radius 1 is 1.47 bits per heavy atom. The number of rotatable bonds is 5. The van der Waals surface area contributed by atoms with E-state index in [0.29, 0.717) is 6.54 Å². The minimum atomic E-state index is -3.60. The Balaban J connectivity index is 2.02. The molecule has 0 saturated carbocycles. The second kappa shape index (κ2) is 5.48. The normalized spacial score (nSPS) is 18.8. The Morgan fingerprint density at radius 3 is 2.63 bits per heavy atom. The molecular weight excluding hydrogens is 266 g/mol. The third-order valence-electron chi connectivity index (χ3n) is 3.50. The molecule has 0 aromatic carbocycles. The van der Waals surface area contributed by atoms with Crippen molar-refractivity contribution in [2.45, 2.75) is 30.8 Å². The van der Waals surface area contributed by atoms with E-state index in [1.807, 2.05) is 6.92 Å². The van der Waals surface area contributed by atoms with E-state index in [-0.39, 0.29) is 16.9 Å². The molecule has 0 amide bonds. The summed E-state index contributed by atoms with van der Waals surface area (Å²) < 4.78 is 28.4. The average molecular weight is 287 g/mol. The molecule has 3 N–H and O–H groups in total. The maximum atomic E-state index is 12.2. The molecule has 7 nitrogen and oxygen atoms in total. The number of nitrogens with two attached hydrogens (primary N) is 1. The molecule has 1 aliphatic heterocycles. The smallest absolute Gasteiger partial charge is 0.260 e. The number of aryl methyl sites for hydroxylation is 1. The third-order valence-corrected chi connectivity index (χ3v) is 5.05. The molecule has 1 atom stereocenters. The predicted molar refractivity (Wildman–Crippen MR) is 73.1 cm³/mol. The summed E-state index contributed by atoms with van der Waals surface area (Å²) >= 11 is 0. The van der Waals surface area contributed by atoms with Gasteiger partial charge in [-0.25, -0.2) is 18.1 Å². The Bertz CT molecular complexity index is 514. The van der Waals surface area contributed by atoms with Crippen LogP contribution in [0.3, 0.4) is 0 Å². The molecule has 1 aromatic heterocycles. The zero-order valence-corrected chi connectivity index (χ0v) is 12.2. The molecule has 108 valence electrons. The summed E-state index contributed by atoms with van der Waals surface area (Å²) in [7, 11) is -1.99. The van der Waals surface area contributed by atoms with Gasteiger partial charge in [-0.1, -0.05) is 0 Å². The van der Waals surface area contributed by atoms with Gasteiger partial charge in [0.15, 0.2) is 10.8 Å². The lowest BCUT2D eigenvalue weighted by molar-refractivity contribution is 0.260. The maximum Gasteiger partial charge on any atom is 0.260 e. The summed E-state index contributed by atoms with van der Waals surface area (Å²) in [5, 5.41) is 0.0288. The van der Waals surface area contributed by atoms with Crippen LogP contribution in [0.15, 0.2) is 11.4 Å². The van der Waals surface area contributed by atoms with Crippen LogP contribution in [-0.2, 0) is 17.1 Å². The number of anilines is 1. The van der Waals surface area contributed by atoms with Crippen LogP contribution in [0, 0.1) is 0 Å². The van der Waals surface area contributed by atoms with E-state index in [1.54, 1.807) is 7.05 Å². The van der Waals surface area contributed by atoms with Gasteiger partial charge in [0, 0.05) is 19.6 Å². The zero-order valence-electron chi connectivity index (χ0n) is 11.3. The van der Waals surface area contributed by atoms with Crippen LogP contribution in [0.1, 0.15) is 19.8 Å². The second-order valence-electron chi connectivity index (χ2n) is 4.99. The molecule has 2 rings (SSSR count). The van der Waals surface area contributed by atoms with Crippen molar-refractivity contribution in [1.82, 2.24) is 19.2 Å². The van der Waals surface area contributed by atoms with Crippen LogP contribution >= 0.6 is 0 Å². The molecule has 1 unspecified atom stereocenters. The Morgan fingerprint density at radius 2 is 2.11 bits per heavy atom. The fourth-order valence-electron chi connectivity index (χ4n) is 2.37. The molecule has 0 spiro atoms. The van der Waals surface area contributed by atoms with E-state index in [4.69, 9.17) is 5.73 Å². The second-order valence-corrected chi connectivity index (χ2v) is 6.67. The largest absolute Gasteiger partial charge is 0.381 e. The topological polar surface area (TPSA) is 93.2 Å². The molecule has 19 heavy (non-hydrogen) atoms. The lowest BCUT2D eigenvalue weighted by Crippen LogP contribution is -2.41. The summed E-state index contributed by atoms with van der Waals surface area (Å²) in [6.45, 7) is 4.49. The number of sulfonamides is 1.